The van der Waals surface area contributed by atoms with Crippen molar-refractivity contribution in [1.29, 1.82) is 0 Å². The van der Waals surface area contributed by atoms with Gasteiger partial charge in [0.05, 0.1) is 27.3 Å². The van der Waals surface area contributed by atoms with Crippen molar-refractivity contribution >= 4 is 128 Å². The lowest BCUT2D eigenvalue weighted by molar-refractivity contribution is -0.142. The van der Waals surface area contributed by atoms with Crippen LogP contribution < -0.4 is 20.0 Å². The summed E-state index contributed by atoms with van der Waals surface area (Å²) in [6.07, 6.45) is 0. The number of amides is 7. The number of esters is 2. The Labute approximate surface area is 446 Å². The molecule has 7 amide bonds. The zero-order valence-corrected chi connectivity index (χ0v) is 44.1. The maximum absolute atomic E-state index is 13.0. The highest BCUT2D eigenvalue weighted by molar-refractivity contribution is 6.33. The van der Waals surface area contributed by atoms with Crippen LogP contribution in [0.1, 0.15) is 27.0 Å². The topological polar surface area (TPSA) is 207 Å². The molecule has 3 aliphatic heterocycles. The quantitative estimate of drug-likeness (QED) is 0.134. The molecule has 0 radical (unpaired) electrons. The summed E-state index contributed by atoms with van der Waals surface area (Å²) in [5.41, 5.74) is 4.60. The van der Waals surface area contributed by atoms with E-state index in [-0.39, 0.29) is 93.7 Å². The van der Waals surface area contributed by atoms with Crippen LogP contribution in [-0.2, 0) is 47.8 Å². The summed E-state index contributed by atoms with van der Waals surface area (Å²) in [5.74, 6) is -3.36. The molecule has 0 unspecified atom stereocenters. The minimum absolute atomic E-state index is 0.00465. The third-order valence-corrected chi connectivity index (χ3v) is 13.3. The Hall–Kier alpha value is -6.48. The van der Waals surface area contributed by atoms with Crippen molar-refractivity contribution < 1.29 is 52.6 Å². The molecule has 24 heteroatoms. The van der Waals surface area contributed by atoms with Gasteiger partial charge >= 0.3 is 11.9 Å². The normalized spacial score (nSPS) is 14.1. The van der Waals surface area contributed by atoms with Crippen molar-refractivity contribution in [1.82, 2.24) is 24.9 Å². The fourth-order valence-corrected chi connectivity index (χ4v) is 8.34. The Kier molecular flexibility index (Phi) is 20.8. The molecule has 0 spiro atoms. The predicted molar refractivity (Wildman–Crippen MR) is 276 cm³/mol. The fourth-order valence-electron chi connectivity index (χ4n) is 7.47. The Morgan fingerprint density at radius 2 is 0.959 bits per heavy atom. The lowest BCUT2D eigenvalue weighted by Gasteiger charge is -2.24. The van der Waals surface area contributed by atoms with Gasteiger partial charge in [-0.1, -0.05) is 70.7 Å². The van der Waals surface area contributed by atoms with Gasteiger partial charge in [0.25, 0.3) is 5.91 Å². The monoisotopic (exact) mass is 1100 g/mol. The average Bonchev–Trinajstić information content (AvgIpc) is 4.09. The van der Waals surface area contributed by atoms with E-state index in [2.05, 4.69) is 14.8 Å². The highest BCUT2D eigenvalue weighted by Gasteiger charge is 2.36. The zero-order valence-electron chi connectivity index (χ0n) is 40.3. The molecule has 0 aliphatic carbocycles. The number of rotatable bonds is 13. The molecule has 388 valence electrons. The minimum atomic E-state index is -0.679. The van der Waals surface area contributed by atoms with Crippen LogP contribution in [0.15, 0.2) is 78.9 Å². The Morgan fingerprint density at radius 1 is 0.548 bits per heavy atom. The first-order chi connectivity index (χ1) is 34.7. The maximum atomic E-state index is 13.0. The van der Waals surface area contributed by atoms with Crippen LogP contribution >= 0.6 is 58.0 Å². The molecular formula is C49H51Cl5N8O11. The first kappa shape index (κ1) is 57.4. The van der Waals surface area contributed by atoms with Crippen molar-refractivity contribution in [3.8, 4) is 0 Å². The van der Waals surface area contributed by atoms with Crippen LogP contribution in [0.5, 0.6) is 0 Å². The SMILES string of the molecule is COC(=O)CN(CC(=O)N1CC(=O)N(c2cccc(Cl)c2C)C1)C(=O)c1cccc(Cl)c1.COC(=O)CNCC(=O)N1CC(=O)N(c2cccc(Cl)c2C)C1.Cc1c(Cl)cccc1N1CN(C(=O)CCl)CC1=O. The molecule has 19 nitrogen and oxygen atoms in total. The molecule has 3 heterocycles. The number of alkyl halides is 1. The number of benzene rings is 4. The first-order valence-corrected chi connectivity index (χ1v) is 24.2. The fraction of sp³-hybridized carbons (Fsp3) is 0.327. The van der Waals surface area contributed by atoms with Gasteiger partial charge in [0, 0.05) is 42.7 Å². The zero-order chi connectivity index (χ0) is 53.7. The van der Waals surface area contributed by atoms with Crippen molar-refractivity contribution in [2.75, 3.05) is 101 Å². The highest BCUT2D eigenvalue weighted by atomic mass is 35.5. The van der Waals surface area contributed by atoms with Crippen molar-refractivity contribution in [2.24, 2.45) is 0 Å². The molecule has 3 saturated heterocycles. The smallest absolute Gasteiger partial charge is 0.325 e. The summed E-state index contributed by atoms with van der Waals surface area (Å²) >= 11 is 29.7. The molecule has 4 aromatic rings. The number of anilines is 3. The van der Waals surface area contributed by atoms with E-state index < -0.39 is 36.8 Å². The van der Waals surface area contributed by atoms with Crippen LogP contribution in [0.25, 0.3) is 0 Å². The summed E-state index contributed by atoms with van der Waals surface area (Å²) in [6.45, 7) is 4.86. The lowest BCUT2D eigenvalue weighted by Crippen LogP contribution is -2.45. The molecule has 0 aromatic heterocycles. The van der Waals surface area contributed by atoms with Gasteiger partial charge in [0.15, 0.2) is 0 Å². The summed E-state index contributed by atoms with van der Waals surface area (Å²) in [7, 11) is 2.46. The summed E-state index contributed by atoms with van der Waals surface area (Å²) in [5, 5.41) is 4.71. The van der Waals surface area contributed by atoms with Crippen LogP contribution in [0.3, 0.4) is 0 Å². The van der Waals surface area contributed by atoms with Gasteiger partial charge < -0.3 is 29.1 Å². The molecule has 73 heavy (non-hydrogen) atoms. The number of ether oxygens (including phenoxy) is 2. The largest absolute Gasteiger partial charge is 0.468 e. The van der Waals surface area contributed by atoms with E-state index in [1.54, 1.807) is 72.5 Å². The number of carbonyl (C=O) groups excluding carboxylic acids is 9. The maximum Gasteiger partial charge on any atom is 0.325 e. The van der Waals surface area contributed by atoms with Gasteiger partial charge in [-0.2, -0.15) is 0 Å². The van der Waals surface area contributed by atoms with Gasteiger partial charge in [0.1, 0.15) is 58.6 Å². The van der Waals surface area contributed by atoms with E-state index in [0.717, 1.165) is 27.3 Å². The van der Waals surface area contributed by atoms with Crippen LogP contribution in [0, 0.1) is 20.8 Å². The summed E-state index contributed by atoms with van der Waals surface area (Å²) < 4.78 is 9.13. The molecule has 0 bridgehead atoms. The van der Waals surface area contributed by atoms with E-state index in [0.29, 0.717) is 31.5 Å². The number of nitrogens with one attached hydrogen (secondary N) is 1. The second kappa shape index (κ2) is 26.5. The first-order valence-electron chi connectivity index (χ1n) is 22.1. The Bertz CT molecular complexity index is 2780. The molecule has 0 saturated carbocycles. The Balaban J connectivity index is 0.000000212. The van der Waals surface area contributed by atoms with Crippen LogP contribution in [0.4, 0.5) is 17.1 Å². The number of methoxy groups -OCH3 is 2. The van der Waals surface area contributed by atoms with E-state index in [1.807, 2.05) is 19.9 Å². The van der Waals surface area contributed by atoms with E-state index in [4.69, 9.17) is 58.0 Å². The molecule has 7 rings (SSSR count). The number of halogens is 5. The molecular weight excluding hydrogens is 1050 g/mol. The van der Waals surface area contributed by atoms with Crippen molar-refractivity contribution in [3.05, 3.63) is 121 Å². The van der Waals surface area contributed by atoms with E-state index >= 15 is 0 Å². The van der Waals surface area contributed by atoms with Gasteiger partial charge in [0.2, 0.25) is 35.4 Å². The summed E-state index contributed by atoms with van der Waals surface area (Å²) in [4.78, 5) is 119. The third kappa shape index (κ3) is 14.8. The van der Waals surface area contributed by atoms with Crippen LogP contribution in [-0.4, -0.2) is 159 Å². The Morgan fingerprint density at radius 3 is 1.37 bits per heavy atom. The van der Waals surface area contributed by atoms with Crippen molar-refractivity contribution in [2.45, 2.75) is 20.8 Å². The summed E-state index contributed by atoms with van der Waals surface area (Å²) in [6, 6.07) is 22.0. The highest BCUT2D eigenvalue weighted by Crippen LogP contribution is 2.31. The molecule has 1 N–H and O–H groups in total. The van der Waals surface area contributed by atoms with Gasteiger partial charge in [-0.3, -0.25) is 63.2 Å². The molecule has 0 atom stereocenters. The number of nitrogens with zero attached hydrogens (tertiary/aromatic N) is 7. The van der Waals surface area contributed by atoms with Crippen molar-refractivity contribution in [3.63, 3.8) is 0 Å². The molecule has 3 aliphatic rings. The van der Waals surface area contributed by atoms with E-state index in [1.165, 1.54) is 50.9 Å². The van der Waals surface area contributed by atoms with Crippen LogP contribution in [0.2, 0.25) is 20.1 Å². The number of carbonyl (C=O) groups is 9. The standard InChI is InChI=1S/C22H21Cl2N3O5.C15H18ClN3O4.C12H12Cl2N2O2/c1-14-17(24)7-4-8-18(14)27-13-26(11-20(27)29)19(28)10-25(12-21(30)32-2)22(31)15-5-3-6-16(23)9-15;1-10-11(16)4-3-5-12(10)19-9-18(8-14(19)21)13(20)6-17-7-15(22)23-2;1-8-9(14)3-2-4-10(8)16-7-15(6-12(16)18)11(17)5-13/h3-9H,10-13H2,1-2H3;3-5,17H,6-9H2,1-2H3;2-4H,5-7H2,1H3. The van der Waals surface area contributed by atoms with Gasteiger partial charge in [-0.15, -0.1) is 11.6 Å². The molecule has 4 aromatic carbocycles. The van der Waals surface area contributed by atoms with E-state index in [9.17, 15) is 43.2 Å². The second-order valence-corrected chi connectivity index (χ2v) is 18.3. The number of hydrogen-bond donors (Lipinski definition) is 1. The minimum Gasteiger partial charge on any atom is -0.468 e. The lowest BCUT2D eigenvalue weighted by atomic mass is 10.2. The average molecular weight is 1110 g/mol. The second-order valence-electron chi connectivity index (χ2n) is 16.4. The number of hydrogen-bond acceptors (Lipinski definition) is 12. The third-order valence-electron chi connectivity index (χ3n) is 11.6. The van der Waals surface area contributed by atoms with Gasteiger partial charge in [-0.05, 0) is 92.1 Å². The molecule has 3 fully saturated rings. The van der Waals surface area contributed by atoms with Gasteiger partial charge in [-0.25, -0.2) is 0 Å². The predicted octanol–water partition coefficient (Wildman–Crippen LogP) is 5.31.